The number of likely N-dealkylation sites (tertiary alicyclic amines) is 1. The van der Waals surface area contributed by atoms with Crippen LogP contribution in [0.5, 0.6) is 0 Å². The van der Waals surface area contributed by atoms with Crippen molar-refractivity contribution in [1.29, 1.82) is 0 Å². The number of imidazole rings is 1. The summed E-state index contributed by atoms with van der Waals surface area (Å²) in [6.45, 7) is 2.79. The van der Waals surface area contributed by atoms with E-state index in [1.54, 1.807) is 6.20 Å². The highest BCUT2D eigenvalue weighted by Crippen LogP contribution is 2.41. The molecule has 2 aliphatic rings. The van der Waals surface area contributed by atoms with Crippen molar-refractivity contribution in [2.75, 3.05) is 13.1 Å². The maximum absolute atomic E-state index is 12.7. The minimum Gasteiger partial charge on any atom is -0.332 e. The first-order chi connectivity index (χ1) is 11.6. The minimum absolute atomic E-state index is 0.0564. The number of Topliss-reactive ketones (excluding diaryl/α,β-unsaturated/α-hetero) is 1. The molecule has 4 rings (SSSR count). The van der Waals surface area contributed by atoms with Gasteiger partial charge in [0.25, 0.3) is 0 Å². The molecule has 0 bridgehead atoms. The molecular weight excluding hydrogens is 302 g/mol. The van der Waals surface area contributed by atoms with E-state index in [1.165, 1.54) is 24.1 Å². The summed E-state index contributed by atoms with van der Waals surface area (Å²) in [6.07, 6.45) is 10.2. The summed E-state index contributed by atoms with van der Waals surface area (Å²) >= 11 is 0. The average Bonchev–Trinajstić information content (AvgIpc) is 3.22. The molecule has 1 aliphatic carbocycles. The van der Waals surface area contributed by atoms with Gasteiger partial charge in [-0.3, -0.25) is 14.4 Å². The molecule has 0 unspecified atom stereocenters. The molecule has 128 valence electrons. The molecule has 0 spiro atoms. The standard InChI is InChI=1S/C18H25N5O/c1-21-9-7-19-18(21)17(24)14-4-3-8-23(11-14)12-15-10-20-22(2)16(15)13-5-6-13/h7,9-10,13-14H,3-6,8,11-12H2,1-2H3/t14-/m1/s1. The van der Waals surface area contributed by atoms with Crippen molar-refractivity contribution >= 4 is 5.78 Å². The van der Waals surface area contributed by atoms with Gasteiger partial charge < -0.3 is 4.57 Å². The van der Waals surface area contributed by atoms with Crippen molar-refractivity contribution < 1.29 is 4.79 Å². The third kappa shape index (κ3) is 2.90. The molecule has 2 aromatic heterocycles. The minimum atomic E-state index is 0.0564. The van der Waals surface area contributed by atoms with Crippen LogP contribution >= 0.6 is 0 Å². The number of ketones is 1. The van der Waals surface area contributed by atoms with Gasteiger partial charge in [0.2, 0.25) is 5.78 Å². The van der Waals surface area contributed by atoms with E-state index in [9.17, 15) is 4.79 Å². The molecule has 0 N–H and O–H groups in total. The first-order valence-corrected chi connectivity index (χ1v) is 8.88. The highest BCUT2D eigenvalue weighted by Gasteiger charge is 2.32. The third-order valence-corrected chi connectivity index (χ3v) is 5.34. The first kappa shape index (κ1) is 15.6. The van der Waals surface area contributed by atoms with Crippen LogP contribution < -0.4 is 0 Å². The molecule has 1 saturated carbocycles. The van der Waals surface area contributed by atoms with Gasteiger partial charge in [0.15, 0.2) is 5.82 Å². The lowest BCUT2D eigenvalue weighted by atomic mass is 9.93. The van der Waals surface area contributed by atoms with Gasteiger partial charge in [0, 0.05) is 62.7 Å². The Morgan fingerprint density at radius 1 is 1.29 bits per heavy atom. The fourth-order valence-corrected chi connectivity index (χ4v) is 3.94. The molecule has 24 heavy (non-hydrogen) atoms. The smallest absolute Gasteiger partial charge is 0.202 e. The van der Waals surface area contributed by atoms with Gasteiger partial charge in [0.1, 0.15) is 0 Å². The van der Waals surface area contributed by atoms with E-state index < -0.39 is 0 Å². The number of rotatable bonds is 5. The Morgan fingerprint density at radius 2 is 2.12 bits per heavy atom. The number of hydrogen-bond donors (Lipinski definition) is 0. The summed E-state index contributed by atoms with van der Waals surface area (Å²) in [5.74, 6) is 1.52. The maximum Gasteiger partial charge on any atom is 0.202 e. The van der Waals surface area contributed by atoms with Crippen LogP contribution in [0.2, 0.25) is 0 Å². The van der Waals surface area contributed by atoms with Crippen LogP contribution in [0.25, 0.3) is 0 Å². The number of aryl methyl sites for hydroxylation is 2. The number of hydrogen-bond acceptors (Lipinski definition) is 4. The number of carbonyl (C=O) groups is 1. The van der Waals surface area contributed by atoms with Gasteiger partial charge in [-0.05, 0) is 32.2 Å². The van der Waals surface area contributed by atoms with E-state index >= 15 is 0 Å². The molecule has 0 aromatic carbocycles. The summed E-state index contributed by atoms with van der Waals surface area (Å²) < 4.78 is 3.86. The van der Waals surface area contributed by atoms with Crippen LogP contribution in [-0.2, 0) is 20.6 Å². The predicted molar refractivity (Wildman–Crippen MR) is 90.7 cm³/mol. The van der Waals surface area contributed by atoms with Crippen LogP contribution in [-0.4, -0.2) is 43.1 Å². The third-order valence-electron chi connectivity index (χ3n) is 5.34. The zero-order chi connectivity index (χ0) is 16.7. The van der Waals surface area contributed by atoms with E-state index in [2.05, 4.69) is 15.0 Å². The first-order valence-electron chi connectivity index (χ1n) is 8.88. The summed E-state index contributed by atoms with van der Waals surface area (Å²) in [7, 11) is 3.93. The van der Waals surface area contributed by atoms with Gasteiger partial charge in [0.05, 0.1) is 6.20 Å². The normalized spacial score (nSPS) is 22.0. The van der Waals surface area contributed by atoms with Crippen molar-refractivity contribution in [3.63, 3.8) is 0 Å². The van der Waals surface area contributed by atoms with Crippen LogP contribution in [0.1, 0.15) is 53.5 Å². The molecule has 2 aromatic rings. The van der Waals surface area contributed by atoms with E-state index in [0.29, 0.717) is 11.7 Å². The molecule has 1 saturated heterocycles. The molecule has 1 aliphatic heterocycles. The van der Waals surface area contributed by atoms with Crippen molar-refractivity contribution in [3.05, 3.63) is 35.7 Å². The second-order valence-corrected chi connectivity index (χ2v) is 7.25. The molecule has 6 nitrogen and oxygen atoms in total. The monoisotopic (exact) mass is 327 g/mol. The highest BCUT2D eigenvalue weighted by atomic mass is 16.1. The fourth-order valence-electron chi connectivity index (χ4n) is 3.94. The fraction of sp³-hybridized carbons (Fsp3) is 0.611. The molecule has 1 atom stereocenters. The zero-order valence-corrected chi connectivity index (χ0v) is 14.5. The molecule has 6 heteroatoms. The molecular formula is C18H25N5O. The summed E-state index contributed by atoms with van der Waals surface area (Å²) in [6, 6.07) is 0. The van der Waals surface area contributed by atoms with E-state index in [0.717, 1.165) is 32.5 Å². The Morgan fingerprint density at radius 3 is 2.83 bits per heavy atom. The van der Waals surface area contributed by atoms with Crippen molar-refractivity contribution in [3.8, 4) is 0 Å². The summed E-state index contributed by atoms with van der Waals surface area (Å²) in [5, 5.41) is 4.46. The summed E-state index contributed by atoms with van der Waals surface area (Å²) in [5.41, 5.74) is 2.73. The second kappa shape index (κ2) is 6.16. The topological polar surface area (TPSA) is 56.0 Å². The van der Waals surface area contributed by atoms with Crippen LogP contribution in [0.15, 0.2) is 18.6 Å². The van der Waals surface area contributed by atoms with E-state index in [4.69, 9.17) is 0 Å². The second-order valence-electron chi connectivity index (χ2n) is 7.25. The maximum atomic E-state index is 12.7. The van der Waals surface area contributed by atoms with E-state index in [1.807, 2.05) is 35.7 Å². The number of carbonyl (C=O) groups excluding carboxylic acids is 1. The highest BCUT2D eigenvalue weighted by molar-refractivity contribution is 5.94. The van der Waals surface area contributed by atoms with Gasteiger partial charge in [-0.2, -0.15) is 5.10 Å². The number of nitrogens with zero attached hydrogens (tertiary/aromatic N) is 5. The van der Waals surface area contributed by atoms with Crippen LogP contribution in [0.3, 0.4) is 0 Å². The van der Waals surface area contributed by atoms with Gasteiger partial charge in [-0.15, -0.1) is 0 Å². The van der Waals surface area contributed by atoms with Gasteiger partial charge in [-0.25, -0.2) is 4.98 Å². The predicted octanol–water partition coefficient (Wildman–Crippen LogP) is 2.13. The molecule has 0 radical (unpaired) electrons. The van der Waals surface area contributed by atoms with Gasteiger partial charge in [-0.1, -0.05) is 0 Å². The molecule has 0 amide bonds. The average molecular weight is 327 g/mol. The van der Waals surface area contributed by atoms with Crippen LogP contribution in [0.4, 0.5) is 0 Å². The Hall–Kier alpha value is -1.95. The number of piperidine rings is 1. The largest absolute Gasteiger partial charge is 0.332 e. The van der Waals surface area contributed by atoms with Crippen LogP contribution in [0, 0.1) is 5.92 Å². The Labute approximate surface area is 142 Å². The van der Waals surface area contributed by atoms with Gasteiger partial charge >= 0.3 is 0 Å². The Kier molecular flexibility index (Phi) is 4.00. The molecule has 2 fully saturated rings. The molecule has 3 heterocycles. The zero-order valence-electron chi connectivity index (χ0n) is 14.5. The van der Waals surface area contributed by atoms with E-state index in [-0.39, 0.29) is 11.7 Å². The summed E-state index contributed by atoms with van der Waals surface area (Å²) in [4.78, 5) is 19.4. The SMILES string of the molecule is Cn1ccnc1C(=O)[C@@H]1CCCN(Cc2cnn(C)c2C2CC2)C1. The van der Waals surface area contributed by atoms with Crippen molar-refractivity contribution in [1.82, 2.24) is 24.2 Å². The van der Waals surface area contributed by atoms with Crippen molar-refractivity contribution in [2.45, 2.75) is 38.1 Å². The van der Waals surface area contributed by atoms with Crippen molar-refractivity contribution in [2.24, 2.45) is 20.0 Å². The Bertz CT molecular complexity index is 742. The number of aromatic nitrogens is 4. The quantitative estimate of drug-likeness (QED) is 0.790. The lowest BCUT2D eigenvalue weighted by Crippen LogP contribution is -2.39. The lowest BCUT2D eigenvalue weighted by molar-refractivity contribution is 0.0797. The Balaban J connectivity index is 1.46. The lowest BCUT2D eigenvalue weighted by Gasteiger charge is -2.31.